The molecular formula is C24H25NO6. The van der Waals surface area contributed by atoms with Gasteiger partial charge in [-0.2, -0.15) is 0 Å². The van der Waals surface area contributed by atoms with Gasteiger partial charge < -0.3 is 23.9 Å². The van der Waals surface area contributed by atoms with Gasteiger partial charge >= 0.3 is 5.97 Å². The lowest BCUT2D eigenvalue weighted by atomic mass is 9.73. The molecule has 2 atom stereocenters. The van der Waals surface area contributed by atoms with Crippen molar-refractivity contribution >= 4 is 11.8 Å². The van der Waals surface area contributed by atoms with Gasteiger partial charge in [-0.25, -0.2) is 0 Å². The molecule has 1 aliphatic heterocycles. The lowest BCUT2D eigenvalue weighted by Crippen LogP contribution is -2.40. The molecule has 0 radical (unpaired) electrons. The van der Waals surface area contributed by atoms with E-state index in [0.717, 1.165) is 24.3 Å². The number of ketones is 1. The van der Waals surface area contributed by atoms with E-state index in [1.165, 1.54) is 7.11 Å². The van der Waals surface area contributed by atoms with Crippen LogP contribution >= 0.6 is 0 Å². The van der Waals surface area contributed by atoms with E-state index in [1.807, 2.05) is 24.3 Å². The Kier molecular flexibility index (Phi) is 5.84. The van der Waals surface area contributed by atoms with Gasteiger partial charge in [-0.3, -0.25) is 9.59 Å². The quantitative estimate of drug-likeness (QED) is 0.706. The van der Waals surface area contributed by atoms with Crippen LogP contribution in [0.25, 0.3) is 0 Å². The van der Waals surface area contributed by atoms with Crippen molar-refractivity contribution in [3.8, 4) is 11.5 Å². The molecule has 0 bridgehead atoms. The molecule has 0 saturated heterocycles. The van der Waals surface area contributed by atoms with E-state index in [9.17, 15) is 9.59 Å². The summed E-state index contributed by atoms with van der Waals surface area (Å²) < 4.78 is 22.0. The molecule has 1 aliphatic carbocycles. The zero-order chi connectivity index (χ0) is 22.0. The van der Waals surface area contributed by atoms with E-state index in [1.54, 1.807) is 19.2 Å². The van der Waals surface area contributed by atoms with Gasteiger partial charge in [-0.15, -0.1) is 0 Å². The number of furan rings is 1. The number of rotatable bonds is 6. The number of methoxy groups -OCH3 is 2. The van der Waals surface area contributed by atoms with E-state index in [0.29, 0.717) is 35.0 Å². The minimum Gasteiger partial charge on any atom is -0.497 e. The number of hydrogen-bond donors (Lipinski definition) is 1. The summed E-state index contributed by atoms with van der Waals surface area (Å²) >= 11 is 0. The zero-order valence-electron chi connectivity index (χ0n) is 17.6. The van der Waals surface area contributed by atoms with Gasteiger partial charge in [-0.05, 0) is 49.2 Å². The van der Waals surface area contributed by atoms with Crippen LogP contribution in [-0.4, -0.2) is 26.0 Å². The molecule has 1 aromatic heterocycles. The Morgan fingerprint density at radius 3 is 2.58 bits per heavy atom. The van der Waals surface area contributed by atoms with Gasteiger partial charge in [-0.1, -0.05) is 6.58 Å². The summed E-state index contributed by atoms with van der Waals surface area (Å²) in [5.41, 5.74) is 1.92. The molecule has 2 unspecified atom stereocenters. The molecule has 31 heavy (non-hydrogen) atoms. The Hall–Kier alpha value is -3.48. The second kappa shape index (κ2) is 8.71. The van der Waals surface area contributed by atoms with Gasteiger partial charge in [0.25, 0.3) is 0 Å². The minimum atomic E-state index is -0.743. The van der Waals surface area contributed by atoms with Crippen LogP contribution in [0.1, 0.15) is 36.7 Å². The predicted octanol–water partition coefficient (Wildman–Crippen LogP) is 3.86. The normalized spacial score (nSPS) is 20.7. The van der Waals surface area contributed by atoms with Crippen LogP contribution in [0.15, 0.2) is 64.4 Å². The monoisotopic (exact) mass is 423 g/mol. The molecule has 0 saturated carbocycles. The second-order valence-electron chi connectivity index (χ2n) is 7.57. The number of carbonyl (C=O) groups excluding carboxylic acids is 2. The maximum Gasteiger partial charge on any atom is 0.315 e. The molecule has 0 amide bonds. The number of esters is 1. The third-order valence-electron chi connectivity index (χ3n) is 5.67. The Morgan fingerprint density at radius 2 is 1.87 bits per heavy atom. The molecule has 7 heteroatoms. The SMILES string of the molecule is C=C1NC2=C(C(=O)CCC2)C(c2ccc(COc3ccc(OC)cc3)o2)C1C(=O)OC. The van der Waals surface area contributed by atoms with Crippen molar-refractivity contribution in [2.45, 2.75) is 31.8 Å². The minimum absolute atomic E-state index is 0.0209. The van der Waals surface area contributed by atoms with Crippen LogP contribution < -0.4 is 14.8 Å². The number of nitrogens with one attached hydrogen (secondary N) is 1. The van der Waals surface area contributed by atoms with Crippen LogP contribution in [0.4, 0.5) is 0 Å². The van der Waals surface area contributed by atoms with Crippen molar-refractivity contribution in [2.24, 2.45) is 5.92 Å². The van der Waals surface area contributed by atoms with E-state index < -0.39 is 17.8 Å². The van der Waals surface area contributed by atoms with Crippen LogP contribution in [0.3, 0.4) is 0 Å². The summed E-state index contributed by atoms with van der Waals surface area (Å²) in [4.78, 5) is 25.4. The molecule has 4 rings (SSSR count). The number of ether oxygens (including phenoxy) is 3. The molecule has 0 spiro atoms. The van der Waals surface area contributed by atoms with Crippen molar-refractivity contribution in [3.63, 3.8) is 0 Å². The molecule has 1 aromatic carbocycles. The Bertz CT molecular complexity index is 1030. The first-order valence-electron chi connectivity index (χ1n) is 10.2. The molecule has 2 heterocycles. The van der Waals surface area contributed by atoms with Crippen molar-refractivity contribution in [3.05, 3.63) is 71.5 Å². The second-order valence-corrected chi connectivity index (χ2v) is 7.57. The fourth-order valence-corrected chi connectivity index (χ4v) is 4.17. The lowest BCUT2D eigenvalue weighted by molar-refractivity contribution is -0.145. The number of Topliss-reactive ketones (excluding diaryl/α,β-unsaturated/α-hetero) is 1. The van der Waals surface area contributed by atoms with Crippen molar-refractivity contribution < 1.29 is 28.2 Å². The number of allylic oxidation sites excluding steroid dienone is 2. The van der Waals surface area contributed by atoms with Crippen LogP contribution in [0.2, 0.25) is 0 Å². The average molecular weight is 423 g/mol. The fourth-order valence-electron chi connectivity index (χ4n) is 4.17. The van der Waals surface area contributed by atoms with Crippen LogP contribution in [0, 0.1) is 5.92 Å². The van der Waals surface area contributed by atoms with Crippen molar-refractivity contribution in [1.29, 1.82) is 0 Å². The summed E-state index contributed by atoms with van der Waals surface area (Å²) in [6, 6.07) is 10.8. The van der Waals surface area contributed by atoms with E-state index in [-0.39, 0.29) is 12.4 Å². The average Bonchev–Trinajstić information content (AvgIpc) is 3.25. The third kappa shape index (κ3) is 4.08. The van der Waals surface area contributed by atoms with Crippen LogP contribution in [0.5, 0.6) is 11.5 Å². The highest BCUT2D eigenvalue weighted by Gasteiger charge is 2.45. The highest BCUT2D eigenvalue weighted by molar-refractivity contribution is 6.00. The highest BCUT2D eigenvalue weighted by Crippen LogP contribution is 2.44. The van der Waals surface area contributed by atoms with Crippen LogP contribution in [-0.2, 0) is 20.9 Å². The van der Waals surface area contributed by atoms with Gasteiger partial charge in [0.15, 0.2) is 5.78 Å². The largest absolute Gasteiger partial charge is 0.497 e. The predicted molar refractivity (Wildman–Crippen MR) is 112 cm³/mol. The first-order valence-corrected chi connectivity index (χ1v) is 10.2. The smallest absolute Gasteiger partial charge is 0.315 e. The molecule has 7 nitrogen and oxygen atoms in total. The summed E-state index contributed by atoms with van der Waals surface area (Å²) in [5.74, 6) is 0.777. The topological polar surface area (TPSA) is 87.0 Å². The molecule has 162 valence electrons. The summed E-state index contributed by atoms with van der Waals surface area (Å²) in [7, 11) is 2.94. The van der Waals surface area contributed by atoms with E-state index in [2.05, 4.69) is 11.9 Å². The van der Waals surface area contributed by atoms with Crippen molar-refractivity contribution in [2.75, 3.05) is 14.2 Å². The Labute approximate surface area is 180 Å². The highest BCUT2D eigenvalue weighted by atomic mass is 16.5. The molecule has 0 fully saturated rings. The summed E-state index contributed by atoms with van der Waals surface area (Å²) in [6.45, 7) is 4.23. The zero-order valence-corrected chi connectivity index (χ0v) is 17.6. The lowest BCUT2D eigenvalue weighted by Gasteiger charge is -2.36. The molecule has 1 N–H and O–H groups in total. The van der Waals surface area contributed by atoms with E-state index in [4.69, 9.17) is 18.6 Å². The van der Waals surface area contributed by atoms with Gasteiger partial charge in [0.05, 0.1) is 20.1 Å². The van der Waals surface area contributed by atoms with Gasteiger partial charge in [0.1, 0.15) is 35.5 Å². The maximum atomic E-state index is 12.8. The molecule has 2 aromatic rings. The fraction of sp³-hybridized carbons (Fsp3) is 0.333. The molecule has 2 aliphatic rings. The van der Waals surface area contributed by atoms with E-state index >= 15 is 0 Å². The Morgan fingerprint density at radius 1 is 1.13 bits per heavy atom. The van der Waals surface area contributed by atoms with Gasteiger partial charge in [0.2, 0.25) is 0 Å². The third-order valence-corrected chi connectivity index (χ3v) is 5.67. The first-order chi connectivity index (χ1) is 15.0. The summed E-state index contributed by atoms with van der Waals surface area (Å²) in [5, 5.41) is 3.16. The number of carbonyl (C=O) groups is 2. The number of benzene rings is 1. The summed E-state index contributed by atoms with van der Waals surface area (Å²) in [6.07, 6.45) is 1.96. The Balaban J connectivity index is 1.60. The first kappa shape index (κ1) is 20.8. The van der Waals surface area contributed by atoms with Gasteiger partial charge in [0, 0.05) is 23.4 Å². The standard InChI is InChI=1S/C24H25NO6/c1-14-21(24(27)29-3)23(22-18(25-14)5-4-6-19(22)26)20-12-11-17(31-20)13-30-16-9-7-15(28-2)8-10-16/h7-12,21,23,25H,1,4-6,13H2,2-3H3. The van der Waals surface area contributed by atoms with Crippen molar-refractivity contribution in [1.82, 2.24) is 5.32 Å². The maximum absolute atomic E-state index is 12.8. The molecular weight excluding hydrogens is 398 g/mol. The number of hydrogen-bond acceptors (Lipinski definition) is 7.